The van der Waals surface area contributed by atoms with E-state index in [0.29, 0.717) is 27.7 Å². The molecule has 0 aliphatic carbocycles. The molecule has 1 aromatic heterocycles. The molecule has 0 atom stereocenters. The van der Waals surface area contributed by atoms with Gasteiger partial charge in [-0.25, -0.2) is 0 Å². The molecular weight excluding hydrogens is 405 g/mol. The molecule has 6 nitrogen and oxygen atoms in total. The Morgan fingerprint density at radius 1 is 1.50 bits per heavy atom. The molecule has 115 valence electrons. The number of benzene rings is 1. The van der Waals surface area contributed by atoms with Crippen LogP contribution < -0.4 is 11.2 Å². The summed E-state index contributed by atoms with van der Waals surface area (Å²) in [5, 5.41) is 3.45. The molecule has 0 saturated carbocycles. The summed E-state index contributed by atoms with van der Waals surface area (Å²) in [6.45, 7) is 3.83. The van der Waals surface area contributed by atoms with Gasteiger partial charge >= 0.3 is 0 Å². The van der Waals surface area contributed by atoms with Crippen LogP contribution in [0.3, 0.4) is 0 Å². The molecule has 2 rings (SSSR count). The normalized spacial score (nSPS) is 10.1. The zero-order valence-electron chi connectivity index (χ0n) is 11.4. The van der Waals surface area contributed by atoms with Crippen LogP contribution in [0.1, 0.15) is 16.1 Å². The number of carbonyl (C=O) groups excluding carboxylic acids is 1. The molecule has 2 aromatic rings. The fourth-order valence-corrected chi connectivity index (χ4v) is 2.32. The molecule has 1 radical (unpaired) electrons. The molecule has 0 saturated heterocycles. The Hall–Kier alpha value is -0.536. The van der Waals surface area contributed by atoms with E-state index in [2.05, 4.69) is 21.6 Å². The largest absolute Gasteiger partial charge is 0.467 e. The van der Waals surface area contributed by atoms with E-state index < -0.39 is 0 Å². The van der Waals surface area contributed by atoms with Crippen LogP contribution >= 0.6 is 23.6 Å². The summed E-state index contributed by atoms with van der Waals surface area (Å²) in [6, 6.07) is 6.75. The first-order chi connectivity index (χ1) is 10.1. The monoisotopic (exact) mass is 416 g/mol. The fraction of sp³-hybridized carbons (Fsp3) is 0.0769. The maximum absolute atomic E-state index is 11.6. The maximum atomic E-state index is 11.6. The number of furan rings is 1. The number of nitrogens with two attached hydrogens (primary N) is 1. The molecule has 0 spiro atoms. The van der Waals surface area contributed by atoms with Gasteiger partial charge in [0.25, 0.3) is 0 Å². The number of rotatable bonds is 7. The van der Waals surface area contributed by atoms with Gasteiger partial charge in [-0.3, -0.25) is 0 Å². The van der Waals surface area contributed by atoms with Gasteiger partial charge < -0.3 is 14.5 Å². The van der Waals surface area contributed by atoms with E-state index in [-0.39, 0.29) is 38.5 Å². The Kier molecular flexibility index (Phi) is 8.49. The molecule has 1 aromatic carbocycles. The van der Waals surface area contributed by atoms with Gasteiger partial charge in [0, 0.05) is 43.4 Å². The molecule has 0 fully saturated rings. The average molecular weight is 417 g/mol. The van der Waals surface area contributed by atoms with Crippen molar-refractivity contribution in [1.82, 2.24) is 0 Å². The molecule has 3 N–H and O–H groups in total. The van der Waals surface area contributed by atoms with E-state index in [4.69, 9.17) is 21.9 Å². The molecule has 0 bridgehead atoms. The zero-order valence-corrected chi connectivity index (χ0v) is 15.8. The zero-order chi connectivity index (χ0) is 15.2. The minimum absolute atomic E-state index is 0. The standard InChI is InChI=1S/C13H12ClN2O4S.Y/c1-8(17)10-5-13(21-20-19-15)11(14)6-12(10)16-7-9-3-2-4-18-9;/h2-6,16H,1,7,15H2;/q-1;. The summed E-state index contributed by atoms with van der Waals surface area (Å²) in [6.07, 6.45) is 1.57. The van der Waals surface area contributed by atoms with Gasteiger partial charge in [-0.05, 0) is 23.9 Å². The van der Waals surface area contributed by atoms with Gasteiger partial charge in [0.2, 0.25) is 0 Å². The molecule has 0 unspecified atom stereocenters. The maximum Gasteiger partial charge on any atom is 0.122 e. The van der Waals surface area contributed by atoms with E-state index in [1.807, 2.05) is 6.07 Å². The van der Waals surface area contributed by atoms with Crippen molar-refractivity contribution in [3.8, 4) is 0 Å². The van der Waals surface area contributed by atoms with Gasteiger partial charge in [-0.1, -0.05) is 11.6 Å². The number of hydrogen-bond acceptors (Lipinski definition) is 7. The average Bonchev–Trinajstić information content (AvgIpc) is 2.97. The van der Waals surface area contributed by atoms with Crippen molar-refractivity contribution >= 4 is 35.1 Å². The van der Waals surface area contributed by atoms with E-state index in [0.717, 1.165) is 17.8 Å². The SMILES string of the molecule is [CH2-]C(=O)c1cc(SOON)c(Cl)cc1NCc1ccco1.[Y]. The number of nitrogens with one attached hydrogen (secondary N) is 1. The molecule has 0 aliphatic rings. The minimum atomic E-state index is -0.357. The van der Waals surface area contributed by atoms with E-state index in [1.165, 1.54) is 0 Å². The van der Waals surface area contributed by atoms with Crippen molar-refractivity contribution < 1.29 is 51.2 Å². The van der Waals surface area contributed by atoms with E-state index >= 15 is 0 Å². The Morgan fingerprint density at radius 3 is 2.86 bits per heavy atom. The van der Waals surface area contributed by atoms with Crippen LogP contribution in [-0.4, -0.2) is 5.78 Å². The summed E-state index contributed by atoms with van der Waals surface area (Å²) in [5.74, 6) is 5.14. The summed E-state index contributed by atoms with van der Waals surface area (Å²) < 4.78 is 9.75. The van der Waals surface area contributed by atoms with Crippen LogP contribution in [0.25, 0.3) is 0 Å². The van der Waals surface area contributed by atoms with Crippen molar-refractivity contribution in [2.24, 2.45) is 5.90 Å². The number of ketones is 1. The van der Waals surface area contributed by atoms with E-state index in [9.17, 15) is 4.79 Å². The molecule has 0 aliphatic heterocycles. The molecule has 22 heavy (non-hydrogen) atoms. The molecule has 0 amide bonds. The van der Waals surface area contributed by atoms with Gasteiger partial charge in [0.15, 0.2) is 0 Å². The van der Waals surface area contributed by atoms with Crippen molar-refractivity contribution in [3.63, 3.8) is 0 Å². The smallest absolute Gasteiger partial charge is 0.122 e. The topological polar surface area (TPSA) is 86.7 Å². The number of Topliss-reactive ketones (excluding diaryl/α,β-unsaturated/α-hetero) is 1. The fourth-order valence-electron chi connectivity index (χ4n) is 1.65. The van der Waals surface area contributed by atoms with Crippen LogP contribution in [0.4, 0.5) is 5.69 Å². The van der Waals surface area contributed by atoms with Crippen LogP contribution in [0.15, 0.2) is 39.8 Å². The van der Waals surface area contributed by atoms with E-state index in [1.54, 1.807) is 24.5 Å². The van der Waals surface area contributed by atoms with Crippen molar-refractivity contribution in [1.29, 1.82) is 0 Å². The summed E-state index contributed by atoms with van der Waals surface area (Å²) in [5.41, 5.74) is 0.920. The predicted octanol–water partition coefficient (Wildman–Crippen LogP) is 3.39. The first-order valence-corrected chi connectivity index (χ1v) is 6.90. The van der Waals surface area contributed by atoms with Gasteiger partial charge in [-0.15, -0.1) is 21.0 Å². The van der Waals surface area contributed by atoms with Gasteiger partial charge in [0.05, 0.1) is 29.9 Å². The van der Waals surface area contributed by atoms with Crippen LogP contribution in [0, 0.1) is 6.92 Å². The summed E-state index contributed by atoms with van der Waals surface area (Å²) >= 11 is 6.91. The number of halogens is 1. The summed E-state index contributed by atoms with van der Waals surface area (Å²) in [7, 11) is 0. The first kappa shape index (κ1) is 19.5. The van der Waals surface area contributed by atoms with Gasteiger partial charge in [0.1, 0.15) is 5.76 Å². The Labute approximate surface area is 162 Å². The van der Waals surface area contributed by atoms with Crippen molar-refractivity contribution in [2.75, 3.05) is 5.32 Å². The number of carbonyl (C=O) groups is 1. The quantitative estimate of drug-likeness (QED) is 0.235. The van der Waals surface area contributed by atoms with Crippen LogP contribution in [0.5, 0.6) is 0 Å². The minimum Gasteiger partial charge on any atom is -0.467 e. The van der Waals surface area contributed by atoms with Gasteiger partial charge in [-0.2, -0.15) is 12.8 Å². The molecular formula is C13H12ClN2O4SY-. The third-order valence-electron chi connectivity index (χ3n) is 2.57. The van der Waals surface area contributed by atoms with Crippen molar-refractivity contribution in [2.45, 2.75) is 11.4 Å². The molecule has 9 heteroatoms. The Morgan fingerprint density at radius 2 is 2.27 bits per heavy atom. The van der Waals surface area contributed by atoms with Crippen LogP contribution in [-0.2, 0) is 48.6 Å². The third-order valence-corrected chi connectivity index (χ3v) is 3.66. The number of hydrogen-bond donors (Lipinski definition) is 2. The summed E-state index contributed by atoms with van der Waals surface area (Å²) in [4.78, 5) is 16.1. The van der Waals surface area contributed by atoms with Crippen molar-refractivity contribution in [3.05, 3.63) is 53.8 Å². The predicted molar refractivity (Wildman–Crippen MR) is 79.4 cm³/mol. The Balaban J connectivity index is 0.00000242. The first-order valence-electron chi connectivity index (χ1n) is 5.78. The second kappa shape index (κ2) is 9.57. The number of anilines is 1. The third kappa shape index (κ3) is 5.28. The second-order valence-electron chi connectivity index (χ2n) is 3.93. The second-order valence-corrected chi connectivity index (χ2v) is 5.08. The Bertz CT molecular complexity index is 625. The van der Waals surface area contributed by atoms with Crippen LogP contribution in [0.2, 0.25) is 5.02 Å². The molecule has 1 heterocycles.